The molecule has 0 fully saturated rings. The van der Waals surface area contributed by atoms with E-state index in [0.717, 1.165) is 6.07 Å². The molecule has 0 amide bonds. The van der Waals surface area contributed by atoms with E-state index in [0.29, 0.717) is 0 Å². The van der Waals surface area contributed by atoms with Crippen LogP contribution < -0.4 is 5.73 Å². The van der Waals surface area contributed by atoms with Crippen molar-refractivity contribution in [2.75, 3.05) is 0 Å². The molecule has 3 N–H and O–H groups in total. The molecule has 1 aromatic rings. The van der Waals surface area contributed by atoms with Gasteiger partial charge in [-0.3, -0.25) is 0 Å². The predicted molar refractivity (Wildman–Crippen MR) is 55.0 cm³/mol. The van der Waals surface area contributed by atoms with E-state index in [-0.39, 0.29) is 15.6 Å². The maximum atomic E-state index is 13.1. The predicted octanol–water partition coefficient (Wildman–Crippen LogP) is 2.51. The van der Waals surface area contributed by atoms with Gasteiger partial charge in [0.1, 0.15) is 5.82 Å². The maximum Gasteiger partial charge on any atom is 0.143 e. The van der Waals surface area contributed by atoms with Crippen LogP contribution in [0.3, 0.4) is 0 Å². The van der Waals surface area contributed by atoms with Crippen molar-refractivity contribution in [1.82, 2.24) is 0 Å². The van der Waals surface area contributed by atoms with Gasteiger partial charge in [0.2, 0.25) is 0 Å². The zero-order valence-electron chi connectivity index (χ0n) is 7.47. The average molecular weight is 238 g/mol. The van der Waals surface area contributed by atoms with Crippen LogP contribution in [0.4, 0.5) is 4.39 Å². The standard InChI is InChI=1S/C9H10Cl2FNO/c1-4(13)9(14)6-2-5(10)3-7(12)8(6)11/h2-4,9,14H,13H2,1H3/t4-,9-/m1/s1. The van der Waals surface area contributed by atoms with E-state index in [4.69, 9.17) is 28.9 Å². The lowest BCUT2D eigenvalue weighted by Crippen LogP contribution is -2.24. The minimum Gasteiger partial charge on any atom is -0.387 e. The highest BCUT2D eigenvalue weighted by atomic mass is 35.5. The van der Waals surface area contributed by atoms with Gasteiger partial charge in [-0.1, -0.05) is 23.2 Å². The summed E-state index contributed by atoms with van der Waals surface area (Å²) in [5.74, 6) is -0.658. The molecule has 0 spiro atoms. The lowest BCUT2D eigenvalue weighted by atomic mass is 10.0. The molecule has 0 unspecified atom stereocenters. The molecule has 1 aromatic carbocycles. The summed E-state index contributed by atoms with van der Waals surface area (Å²) in [6, 6.07) is 1.95. The lowest BCUT2D eigenvalue weighted by Gasteiger charge is -2.16. The molecular formula is C9H10Cl2FNO. The van der Waals surface area contributed by atoms with Gasteiger partial charge in [-0.2, -0.15) is 0 Å². The van der Waals surface area contributed by atoms with E-state index in [9.17, 15) is 9.50 Å². The van der Waals surface area contributed by atoms with Crippen LogP contribution in [0, 0.1) is 5.82 Å². The molecule has 5 heteroatoms. The van der Waals surface area contributed by atoms with Crippen molar-refractivity contribution in [2.24, 2.45) is 5.73 Å². The second kappa shape index (κ2) is 4.45. The Kier molecular flexibility index (Phi) is 3.72. The molecule has 2 atom stereocenters. The molecule has 2 nitrogen and oxygen atoms in total. The van der Waals surface area contributed by atoms with E-state index in [2.05, 4.69) is 0 Å². The van der Waals surface area contributed by atoms with Crippen LogP contribution in [0.25, 0.3) is 0 Å². The van der Waals surface area contributed by atoms with Crippen LogP contribution in [0.5, 0.6) is 0 Å². The third kappa shape index (κ3) is 2.36. The smallest absolute Gasteiger partial charge is 0.143 e. The first-order valence-corrected chi connectivity index (χ1v) is 4.77. The van der Waals surface area contributed by atoms with E-state index in [1.54, 1.807) is 6.92 Å². The molecule has 0 bridgehead atoms. The summed E-state index contributed by atoms with van der Waals surface area (Å²) < 4.78 is 13.1. The molecule has 0 aliphatic carbocycles. The van der Waals surface area contributed by atoms with E-state index in [1.807, 2.05) is 0 Å². The molecule has 78 valence electrons. The first-order valence-electron chi connectivity index (χ1n) is 4.01. The fraction of sp³-hybridized carbons (Fsp3) is 0.333. The van der Waals surface area contributed by atoms with Gasteiger partial charge in [0, 0.05) is 16.6 Å². The van der Waals surface area contributed by atoms with Crippen LogP contribution in [0.15, 0.2) is 12.1 Å². The van der Waals surface area contributed by atoms with Gasteiger partial charge in [0.05, 0.1) is 11.1 Å². The van der Waals surface area contributed by atoms with Crippen molar-refractivity contribution in [2.45, 2.75) is 19.1 Å². The highest BCUT2D eigenvalue weighted by Crippen LogP contribution is 2.30. The summed E-state index contributed by atoms with van der Waals surface area (Å²) in [6.07, 6.45) is -1.02. The number of benzene rings is 1. The third-order valence-corrected chi connectivity index (χ3v) is 2.45. The second-order valence-electron chi connectivity index (χ2n) is 3.09. The van der Waals surface area contributed by atoms with Gasteiger partial charge in [0.15, 0.2) is 0 Å². The molecule has 0 saturated heterocycles. The van der Waals surface area contributed by atoms with Gasteiger partial charge >= 0.3 is 0 Å². The molecule has 14 heavy (non-hydrogen) atoms. The molecule has 0 aliphatic rings. The normalized spacial score (nSPS) is 15.3. The Morgan fingerprint density at radius 1 is 1.43 bits per heavy atom. The zero-order valence-corrected chi connectivity index (χ0v) is 8.98. The molecular weight excluding hydrogens is 228 g/mol. The zero-order chi connectivity index (χ0) is 10.9. The second-order valence-corrected chi connectivity index (χ2v) is 3.91. The number of aliphatic hydroxyl groups excluding tert-OH is 1. The van der Waals surface area contributed by atoms with E-state index >= 15 is 0 Å². The Morgan fingerprint density at radius 2 is 2.00 bits per heavy atom. The largest absolute Gasteiger partial charge is 0.387 e. The number of rotatable bonds is 2. The maximum absolute atomic E-state index is 13.1. The van der Waals surface area contributed by atoms with Crippen molar-refractivity contribution in [3.8, 4) is 0 Å². The summed E-state index contributed by atoms with van der Waals surface area (Å²) >= 11 is 11.3. The van der Waals surface area contributed by atoms with E-state index < -0.39 is 18.0 Å². The summed E-state index contributed by atoms with van der Waals surface area (Å²) in [6.45, 7) is 1.60. The van der Waals surface area contributed by atoms with Gasteiger partial charge in [0.25, 0.3) is 0 Å². The van der Waals surface area contributed by atoms with Crippen LogP contribution in [-0.4, -0.2) is 11.1 Å². The summed E-state index contributed by atoms with van der Waals surface area (Å²) in [5, 5.41) is 9.64. The Labute approximate surface area is 91.4 Å². The van der Waals surface area contributed by atoms with Crippen molar-refractivity contribution < 1.29 is 9.50 Å². The van der Waals surface area contributed by atoms with Crippen LogP contribution in [0.2, 0.25) is 10.0 Å². The first-order chi connectivity index (χ1) is 6.43. The number of hydrogen-bond acceptors (Lipinski definition) is 2. The highest BCUT2D eigenvalue weighted by molar-refractivity contribution is 6.33. The van der Waals surface area contributed by atoms with Crippen molar-refractivity contribution in [1.29, 1.82) is 0 Å². The van der Waals surface area contributed by atoms with Gasteiger partial charge in [-0.05, 0) is 19.1 Å². The molecule has 0 aliphatic heterocycles. The quantitative estimate of drug-likeness (QED) is 0.777. The Morgan fingerprint density at radius 3 is 2.50 bits per heavy atom. The lowest BCUT2D eigenvalue weighted by molar-refractivity contribution is 0.153. The Balaban J connectivity index is 3.20. The first kappa shape index (κ1) is 11.7. The number of halogens is 3. The Bertz CT molecular complexity index is 344. The minimum absolute atomic E-state index is 0.140. The van der Waals surface area contributed by atoms with Crippen molar-refractivity contribution >= 4 is 23.2 Å². The van der Waals surface area contributed by atoms with Crippen LogP contribution in [-0.2, 0) is 0 Å². The van der Waals surface area contributed by atoms with Crippen LogP contribution in [0.1, 0.15) is 18.6 Å². The number of aliphatic hydroxyl groups is 1. The Hall–Kier alpha value is -0.350. The van der Waals surface area contributed by atoms with Gasteiger partial charge in [-0.15, -0.1) is 0 Å². The summed E-state index contributed by atoms with van der Waals surface area (Å²) in [4.78, 5) is 0. The monoisotopic (exact) mass is 237 g/mol. The summed E-state index contributed by atoms with van der Waals surface area (Å²) in [5.41, 5.74) is 5.68. The van der Waals surface area contributed by atoms with E-state index in [1.165, 1.54) is 6.07 Å². The molecule has 0 radical (unpaired) electrons. The molecule has 0 aromatic heterocycles. The number of hydrogen-bond donors (Lipinski definition) is 2. The van der Waals surface area contributed by atoms with Crippen LogP contribution >= 0.6 is 23.2 Å². The molecule has 1 rings (SSSR count). The SMILES string of the molecule is C[C@@H](N)[C@@H](O)c1cc(Cl)cc(F)c1Cl. The summed E-state index contributed by atoms with van der Waals surface area (Å²) in [7, 11) is 0. The molecule has 0 saturated carbocycles. The fourth-order valence-electron chi connectivity index (χ4n) is 1.07. The topological polar surface area (TPSA) is 46.2 Å². The average Bonchev–Trinajstić information content (AvgIpc) is 2.09. The minimum atomic E-state index is -1.02. The number of nitrogens with two attached hydrogens (primary N) is 1. The van der Waals surface area contributed by atoms with Crippen molar-refractivity contribution in [3.63, 3.8) is 0 Å². The highest BCUT2D eigenvalue weighted by Gasteiger charge is 2.18. The third-order valence-electron chi connectivity index (χ3n) is 1.84. The fourth-order valence-corrected chi connectivity index (χ4v) is 1.51. The van der Waals surface area contributed by atoms with Gasteiger partial charge in [-0.25, -0.2) is 4.39 Å². The van der Waals surface area contributed by atoms with Crippen molar-refractivity contribution in [3.05, 3.63) is 33.6 Å². The van der Waals surface area contributed by atoms with Gasteiger partial charge < -0.3 is 10.8 Å². The molecule has 0 heterocycles.